The Morgan fingerprint density at radius 1 is 1.20 bits per heavy atom. The van der Waals surface area contributed by atoms with Gasteiger partial charge in [0.2, 0.25) is 0 Å². The van der Waals surface area contributed by atoms with Crippen molar-refractivity contribution in [1.82, 2.24) is 14.8 Å². The lowest BCUT2D eigenvalue weighted by Crippen LogP contribution is -1.96. The first-order valence-electron chi connectivity index (χ1n) is 4.31. The summed E-state index contributed by atoms with van der Waals surface area (Å²) < 4.78 is 1.79. The largest absolute Gasteiger partial charge is 0.316 e. The van der Waals surface area contributed by atoms with E-state index in [0.29, 0.717) is 6.54 Å². The van der Waals surface area contributed by atoms with Crippen molar-refractivity contribution < 1.29 is 4.92 Å². The Bertz CT molecular complexity index is 449. The Morgan fingerprint density at radius 3 is 2.33 bits per heavy atom. The number of nitrogens with zero attached hydrogens (tertiary/aromatic N) is 4. The van der Waals surface area contributed by atoms with Crippen LogP contribution in [-0.2, 0) is 6.54 Å². The molecule has 0 N–H and O–H groups in total. The molecule has 1 aromatic carbocycles. The second-order valence-electron chi connectivity index (χ2n) is 3.06. The van der Waals surface area contributed by atoms with Crippen LogP contribution in [0.1, 0.15) is 5.56 Å². The van der Waals surface area contributed by atoms with E-state index in [2.05, 4.69) is 10.2 Å². The van der Waals surface area contributed by atoms with Crippen LogP contribution >= 0.6 is 0 Å². The van der Waals surface area contributed by atoms with Crippen LogP contribution < -0.4 is 0 Å². The molecule has 0 radical (unpaired) electrons. The standard InChI is InChI=1S/C9H8N4O2/c14-13(15)9-3-1-8(2-4-9)5-12-6-10-11-7-12/h1-4,6-7H,5H2. The van der Waals surface area contributed by atoms with Crippen LogP contribution in [0.3, 0.4) is 0 Å². The third-order valence-electron chi connectivity index (χ3n) is 1.98. The van der Waals surface area contributed by atoms with Crippen LogP contribution in [0.25, 0.3) is 0 Å². The molecular formula is C9H8N4O2. The lowest BCUT2D eigenvalue weighted by atomic mass is 10.2. The highest BCUT2D eigenvalue weighted by atomic mass is 16.6. The molecule has 2 rings (SSSR count). The van der Waals surface area contributed by atoms with Gasteiger partial charge in [-0.1, -0.05) is 12.1 Å². The summed E-state index contributed by atoms with van der Waals surface area (Å²) in [6, 6.07) is 6.41. The lowest BCUT2D eigenvalue weighted by Gasteiger charge is -2.00. The highest BCUT2D eigenvalue weighted by Gasteiger charge is 2.03. The molecule has 0 saturated heterocycles. The van der Waals surface area contributed by atoms with Gasteiger partial charge in [-0.05, 0) is 5.56 Å². The number of non-ortho nitro benzene ring substituents is 1. The van der Waals surface area contributed by atoms with Crippen molar-refractivity contribution >= 4 is 5.69 Å². The van der Waals surface area contributed by atoms with Crippen LogP contribution in [0, 0.1) is 10.1 Å². The Morgan fingerprint density at radius 2 is 1.80 bits per heavy atom. The molecule has 0 amide bonds. The van der Waals surface area contributed by atoms with Gasteiger partial charge in [0.1, 0.15) is 12.7 Å². The number of rotatable bonds is 3. The maximum Gasteiger partial charge on any atom is 0.269 e. The van der Waals surface area contributed by atoms with Crippen LogP contribution in [0.2, 0.25) is 0 Å². The fourth-order valence-corrected chi connectivity index (χ4v) is 1.24. The first kappa shape index (κ1) is 9.32. The van der Waals surface area contributed by atoms with Crippen LogP contribution in [-0.4, -0.2) is 19.7 Å². The maximum absolute atomic E-state index is 10.4. The molecule has 0 saturated carbocycles. The van der Waals surface area contributed by atoms with E-state index in [1.54, 1.807) is 29.4 Å². The van der Waals surface area contributed by atoms with E-state index in [4.69, 9.17) is 0 Å². The fourth-order valence-electron chi connectivity index (χ4n) is 1.24. The predicted octanol–water partition coefficient (Wildman–Crippen LogP) is 1.23. The zero-order valence-electron chi connectivity index (χ0n) is 7.78. The summed E-state index contributed by atoms with van der Waals surface area (Å²) in [5.41, 5.74) is 1.07. The van der Waals surface area contributed by atoms with E-state index in [9.17, 15) is 10.1 Å². The van der Waals surface area contributed by atoms with Gasteiger partial charge in [-0.3, -0.25) is 10.1 Å². The summed E-state index contributed by atoms with van der Waals surface area (Å²) in [6.45, 7) is 0.616. The van der Waals surface area contributed by atoms with E-state index in [1.165, 1.54) is 12.1 Å². The minimum atomic E-state index is -0.414. The quantitative estimate of drug-likeness (QED) is 0.556. The second-order valence-corrected chi connectivity index (χ2v) is 3.06. The summed E-state index contributed by atoms with van der Waals surface area (Å²) >= 11 is 0. The Hall–Kier alpha value is -2.24. The molecule has 1 aromatic heterocycles. The normalized spacial score (nSPS) is 10.1. The number of nitro groups is 1. The molecule has 76 valence electrons. The van der Waals surface area contributed by atoms with Gasteiger partial charge in [0.25, 0.3) is 5.69 Å². The summed E-state index contributed by atoms with van der Waals surface area (Å²) in [7, 11) is 0. The van der Waals surface area contributed by atoms with Crippen molar-refractivity contribution in [2.75, 3.05) is 0 Å². The topological polar surface area (TPSA) is 73.8 Å². The highest BCUT2D eigenvalue weighted by molar-refractivity contribution is 5.32. The second kappa shape index (κ2) is 3.87. The Labute approximate surface area is 85.3 Å². The molecule has 0 fully saturated rings. The average molecular weight is 204 g/mol. The van der Waals surface area contributed by atoms with Gasteiger partial charge in [0.15, 0.2) is 0 Å². The third kappa shape index (κ3) is 2.16. The number of hydrogen-bond acceptors (Lipinski definition) is 4. The summed E-state index contributed by atoms with van der Waals surface area (Å²) in [4.78, 5) is 10.00. The zero-order chi connectivity index (χ0) is 10.7. The van der Waals surface area contributed by atoms with Crippen molar-refractivity contribution in [3.05, 3.63) is 52.6 Å². The molecule has 0 aliphatic heterocycles. The summed E-state index contributed by atoms with van der Waals surface area (Å²) in [5, 5.41) is 17.7. The van der Waals surface area contributed by atoms with E-state index < -0.39 is 4.92 Å². The fraction of sp³-hybridized carbons (Fsp3) is 0.111. The number of hydrogen-bond donors (Lipinski definition) is 0. The molecule has 0 aliphatic carbocycles. The van der Waals surface area contributed by atoms with Crippen LogP contribution in [0.5, 0.6) is 0 Å². The number of benzene rings is 1. The first-order chi connectivity index (χ1) is 7.25. The molecule has 0 bridgehead atoms. The lowest BCUT2D eigenvalue weighted by molar-refractivity contribution is -0.384. The van der Waals surface area contributed by atoms with Crippen LogP contribution in [0.4, 0.5) is 5.69 Å². The maximum atomic E-state index is 10.4. The van der Waals surface area contributed by atoms with Gasteiger partial charge < -0.3 is 4.57 Å². The molecule has 0 spiro atoms. The highest BCUT2D eigenvalue weighted by Crippen LogP contribution is 2.12. The van der Waals surface area contributed by atoms with E-state index in [-0.39, 0.29) is 5.69 Å². The molecule has 6 nitrogen and oxygen atoms in total. The molecule has 0 aliphatic rings. The SMILES string of the molecule is O=[N+]([O-])c1ccc(Cn2cnnc2)cc1. The van der Waals surface area contributed by atoms with Crippen LogP contribution in [0.15, 0.2) is 36.9 Å². The van der Waals surface area contributed by atoms with Crippen molar-refractivity contribution in [1.29, 1.82) is 0 Å². The van der Waals surface area contributed by atoms with Gasteiger partial charge in [0.05, 0.1) is 11.5 Å². The molecule has 15 heavy (non-hydrogen) atoms. The summed E-state index contributed by atoms with van der Waals surface area (Å²) in [6.07, 6.45) is 3.20. The molecular weight excluding hydrogens is 196 g/mol. The summed E-state index contributed by atoms with van der Waals surface area (Å²) in [5.74, 6) is 0. The van der Waals surface area contributed by atoms with Crippen molar-refractivity contribution in [2.24, 2.45) is 0 Å². The van der Waals surface area contributed by atoms with Gasteiger partial charge >= 0.3 is 0 Å². The minimum Gasteiger partial charge on any atom is -0.316 e. The number of aromatic nitrogens is 3. The van der Waals surface area contributed by atoms with Gasteiger partial charge in [-0.25, -0.2) is 0 Å². The monoisotopic (exact) mass is 204 g/mol. The van der Waals surface area contributed by atoms with Gasteiger partial charge in [-0.15, -0.1) is 10.2 Å². The predicted molar refractivity (Wildman–Crippen MR) is 52.2 cm³/mol. The average Bonchev–Trinajstić information content (AvgIpc) is 2.71. The molecule has 6 heteroatoms. The van der Waals surface area contributed by atoms with Crippen molar-refractivity contribution in [2.45, 2.75) is 6.54 Å². The van der Waals surface area contributed by atoms with E-state index >= 15 is 0 Å². The Kier molecular flexibility index (Phi) is 2.40. The minimum absolute atomic E-state index is 0.0995. The third-order valence-corrected chi connectivity index (χ3v) is 1.98. The molecule has 1 heterocycles. The molecule has 0 unspecified atom stereocenters. The van der Waals surface area contributed by atoms with Gasteiger partial charge in [0, 0.05) is 12.1 Å². The molecule has 2 aromatic rings. The van der Waals surface area contributed by atoms with E-state index in [0.717, 1.165) is 5.56 Å². The van der Waals surface area contributed by atoms with E-state index in [1.807, 2.05) is 0 Å². The van der Waals surface area contributed by atoms with Gasteiger partial charge in [-0.2, -0.15) is 0 Å². The van der Waals surface area contributed by atoms with Crippen molar-refractivity contribution in [3.63, 3.8) is 0 Å². The Balaban J connectivity index is 2.14. The first-order valence-corrected chi connectivity index (χ1v) is 4.31. The molecule has 0 atom stereocenters. The number of nitro benzene ring substituents is 1. The zero-order valence-corrected chi connectivity index (χ0v) is 7.78. The smallest absolute Gasteiger partial charge is 0.269 e. The van der Waals surface area contributed by atoms with Crippen molar-refractivity contribution in [3.8, 4) is 0 Å².